The van der Waals surface area contributed by atoms with Gasteiger partial charge < -0.3 is 10.1 Å². The predicted octanol–water partition coefficient (Wildman–Crippen LogP) is 3.95. The quantitative estimate of drug-likeness (QED) is 0.868. The van der Waals surface area contributed by atoms with Gasteiger partial charge in [-0.1, -0.05) is 35.0 Å². The number of anilines is 1. The summed E-state index contributed by atoms with van der Waals surface area (Å²) in [6, 6.07) is 8.04. The number of benzene rings is 1. The van der Waals surface area contributed by atoms with E-state index >= 15 is 0 Å². The van der Waals surface area contributed by atoms with Gasteiger partial charge in [0.05, 0.1) is 5.56 Å². The van der Waals surface area contributed by atoms with Crippen LogP contribution in [-0.2, 0) is 6.61 Å². The highest BCUT2D eigenvalue weighted by atomic mass is 79.9. The maximum Gasteiger partial charge on any atom is 0.221 e. The van der Waals surface area contributed by atoms with E-state index in [0.29, 0.717) is 12.5 Å². The Balaban J connectivity index is 2.06. The van der Waals surface area contributed by atoms with Gasteiger partial charge in [-0.3, -0.25) is 0 Å². The first-order chi connectivity index (χ1) is 9.70. The Kier molecular flexibility index (Phi) is 5.35. The highest BCUT2D eigenvalue weighted by Gasteiger charge is 2.07. The van der Waals surface area contributed by atoms with E-state index in [1.54, 1.807) is 0 Å². The molecule has 1 aromatic carbocycles. The second kappa shape index (κ2) is 7.24. The van der Waals surface area contributed by atoms with Crippen molar-refractivity contribution in [3.05, 3.63) is 46.2 Å². The molecule has 0 aliphatic heterocycles. The van der Waals surface area contributed by atoms with Crippen LogP contribution in [0.15, 0.2) is 35.1 Å². The molecule has 0 unspecified atom stereocenters. The van der Waals surface area contributed by atoms with Crippen LogP contribution in [0.3, 0.4) is 0 Å². The third kappa shape index (κ3) is 3.93. The topological polar surface area (TPSA) is 47.0 Å². The summed E-state index contributed by atoms with van der Waals surface area (Å²) >= 11 is 3.45. The molecule has 2 aromatic rings. The maximum atomic E-state index is 5.79. The number of nitrogens with zero attached hydrogens (tertiary/aromatic N) is 2. The third-order valence-electron chi connectivity index (χ3n) is 2.84. The molecule has 0 amide bonds. The number of nitrogens with one attached hydrogen (secondary N) is 1. The van der Waals surface area contributed by atoms with Crippen LogP contribution in [0.5, 0.6) is 5.88 Å². The molecule has 1 aromatic heterocycles. The summed E-state index contributed by atoms with van der Waals surface area (Å²) in [7, 11) is 0. The van der Waals surface area contributed by atoms with Crippen LogP contribution in [0.1, 0.15) is 24.5 Å². The lowest BCUT2D eigenvalue weighted by Crippen LogP contribution is -2.07. The van der Waals surface area contributed by atoms with Crippen molar-refractivity contribution in [3.8, 4) is 5.88 Å². The first kappa shape index (κ1) is 14.8. The average Bonchev–Trinajstić information content (AvgIpc) is 2.45. The van der Waals surface area contributed by atoms with Crippen LogP contribution >= 0.6 is 15.9 Å². The lowest BCUT2D eigenvalue weighted by atomic mass is 10.2. The third-order valence-corrected chi connectivity index (χ3v) is 3.34. The fourth-order valence-corrected chi connectivity index (χ4v) is 2.23. The summed E-state index contributed by atoms with van der Waals surface area (Å²) in [6.45, 7) is 5.47. The first-order valence-corrected chi connectivity index (χ1v) is 7.42. The number of halogens is 1. The SMILES string of the molecule is CCCNc1ncnc(OCc2cccc(Br)c2)c1C. The van der Waals surface area contributed by atoms with E-state index in [9.17, 15) is 0 Å². The molecule has 106 valence electrons. The van der Waals surface area contributed by atoms with Gasteiger partial charge in [-0.2, -0.15) is 0 Å². The van der Waals surface area contributed by atoms with Crippen LogP contribution in [0.25, 0.3) is 0 Å². The van der Waals surface area contributed by atoms with Crippen LogP contribution in [-0.4, -0.2) is 16.5 Å². The minimum Gasteiger partial charge on any atom is -0.472 e. The van der Waals surface area contributed by atoms with Gasteiger partial charge in [0.25, 0.3) is 0 Å². The fraction of sp³-hybridized carbons (Fsp3) is 0.333. The van der Waals surface area contributed by atoms with E-state index in [1.807, 2.05) is 31.2 Å². The Morgan fingerprint density at radius 3 is 2.90 bits per heavy atom. The van der Waals surface area contributed by atoms with Gasteiger partial charge in [0, 0.05) is 11.0 Å². The standard InChI is InChI=1S/C15H18BrN3O/c1-3-7-17-14-11(2)15(19-10-18-14)20-9-12-5-4-6-13(16)8-12/h4-6,8,10H,3,7,9H2,1-2H3,(H,17,18,19). The second-order valence-electron chi connectivity index (χ2n) is 4.50. The normalized spacial score (nSPS) is 10.3. The molecule has 1 N–H and O–H groups in total. The van der Waals surface area contributed by atoms with E-state index in [2.05, 4.69) is 38.1 Å². The second-order valence-corrected chi connectivity index (χ2v) is 5.41. The molecule has 0 bridgehead atoms. The van der Waals surface area contributed by atoms with Gasteiger partial charge >= 0.3 is 0 Å². The molecule has 0 aliphatic carbocycles. The van der Waals surface area contributed by atoms with Crippen LogP contribution in [0.4, 0.5) is 5.82 Å². The van der Waals surface area contributed by atoms with Crippen molar-refractivity contribution in [2.24, 2.45) is 0 Å². The molecular formula is C15H18BrN3O. The minimum atomic E-state index is 0.491. The highest BCUT2D eigenvalue weighted by Crippen LogP contribution is 2.21. The molecule has 1 heterocycles. The van der Waals surface area contributed by atoms with E-state index in [-0.39, 0.29) is 0 Å². The number of hydrogen-bond acceptors (Lipinski definition) is 4. The lowest BCUT2D eigenvalue weighted by molar-refractivity contribution is 0.291. The summed E-state index contributed by atoms with van der Waals surface area (Å²) in [5.41, 5.74) is 2.04. The van der Waals surface area contributed by atoms with Gasteiger partial charge in [-0.15, -0.1) is 0 Å². The highest BCUT2D eigenvalue weighted by molar-refractivity contribution is 9.10. The van der Waals surface area contributed by atoms with Gasteiger partial charge in [0.1, 0.15) is 18.8 Å². The Morgan fingerprint density at radius 1 is 1.30 bits per heavy atom. The zero-order valence-corrected chi connectivity index (χ0v) is 13.3. The number of aromatic nitrogens is 2. The molecule has 20 heavy (non-hydrogen) atoms. The molecule has 5 heteroatoms. The van der Waals surface area contributed by atoms with Crippen molar-refractivity contribution < 1.29 is 4.74 Å². The van der Waals surface area contributed by atoms with Gasteiger partial charge in [-0.25, -0.2) is 9.97 Å². The largest absolute Gasteiger partial charge is 0.472 e. The Bertz CT molecular complexity index is 575. The van der Waals surface area contributed by atoms with E-state index in [1.165, 1.54) is 6.33 Å². The molecular weight excluding hydrogens is 318 g/mol. The van der Waals surface area contributed by atoms with Crippen molar-refractivity contribution in [2.75, 3.05) is 11.9 Å². The lowest BCUT2D eigenvalue weighted by Gasteiger charge is -2.12. The van der Waals surface area contributed by atoms with E-state index < -0.39 is 0 Å². The van der Waals surface area contributed by atoms with Crippen molar-refractivity contribution in [3.63, 3.8) is 0 Å². The Hall–Kier alpha value is -1.62. The van der Waals surface area contributed by atoms with E-state index in [4.69, 9.17) is 4.74 Å². The maximum absolute atomic E-state index is 5.79. The van der Waals surface area contributed by atoms with Gasteiger partial charge in [0.15, 0.2) is 0 Å². The molecule has 0 saturated carbocycles. The number of hydrogen-bond donors (Lipinski definition) is 1. The first-order valence-electron chi connectivity index (χ1n) is 6.63. The molecule has 0 spiro atoms. The van der Waals surface area contributed by atoms with Crippen LogP contribution < -0.4 is 10.1 Å². The average molecular weight is 336 g/mol. The van der Waals surface area contributed by atoms with Crippen LogP contribution in [0, 0.1) is 6.92 Å². The summed E-state index contributed by atoms with van der Waals surface area (Å²) in [5.74, 6) is 1.46. The Morgan fingerprint density at radius 2 is 2.15 bits per heavy atom. The monoisotopic (exact) mass is 335 g/mol. The fourth-order valence-electron chi connectivity index (χ4n) is 1.78. The minimum absolute atomic E-state index is 0.491. The van der Waals surface area contributed by atoms with Crippen molar-refractivity contribution in [1.29, 1.82) is 0 Å². The summed E-state index contributed by atoms with van der Waals surface area (Å²) in [6.07, 6.45) is 2.58. The molecule has 0 saturated heterocycles. The molecule has 0 radical (unpaired) electrons. The molecule has 2 rings (SSSR count). The van der Waals surface area contributed by atoms with Crippen LogP contribution in [0.2, 0.25) is 0 Å². The summed E-state index contributed by atoms with van der Waals surface area (Å²) in [5, 5.41) is 3.27. The summed E-state index contributed by atoms with van der Waals surface area (Å²) in [4.78, 5) is 8.44. The smallest absolute Gasteiger partial charge is 0.221 e. The Labute approximate surface area is 127 Å². The van der Waals surface area contributed by atoms with Gasteiger partial charge in [-0.05, 0) is 31.0 Å². The molecule has 4 nitrogen and oxygen atoms in total. The van der Waals surface area contributed by atoms with E-state index in [0.717, 1.165) is 34.4 Å². The molecule has 0 aliphatic rings. The predicted molar refractivity (Wildman–Crippen MR) is 84.0 cm³/mol. The molecule has 0 atom stereocenters. The van der Waals surface area contributed by atoms with Gasteiger partial charge in [0.2, 0.25) is 5.88 Å². The zero-order valence-electron chi connectivity index (χ0n) is 11.7. The number of rotatable bonds is 6. The summed E-state index contributed by atoms with van der Waals surface area (Å²) < 4.78 is 6.83. The number of ether oxygens (including phenoxy) is 1. The van der Waals surface area contributed by atoms with Crippen molar-refractivity contribution >= 4 is 21.7 Å². The van der Waals surface area contributed by atoms with Crippen molar-refractivity contribution in [1.82, 2.24) is 9.97 Å². The van der Waals surface area contributed by atoms with Crippen molar-refractivity contribution in [2.45, 2.75) is 26.9 Å². The molecule has 0 fully saturated rings. The zero-order chi connectivity index (χ0) is 14.4.